The molecule has 6 heteroatoms. The van der Waals surface area contributed by atoms with E-state index in [0.717, 1.165) is 17.7 Å². The molecule has 1 aromatic heterocycles. The molecular weight excluding hydrogens is 250 g/mol. The summed E-state index contributed by atoms with van der Waals surface area (Å²) in [6.45, 7) is 5.99. The van der Waals surface area contributed by atoms with Crippen molar-refractivity contribution < 1.29 is 0 Å². The van der Waals surface area contributed by atoms with E-state index in [1.165, 1.54) is 0 Å². The number of benzene rings is 1. The zero-order chi connectivity index (χ0) is 12.5. The maximum atomic E-state index is 6.21. The fourth-order valence-electron chi connectivity index (χ4n) is 1.66. The third-order valence-corrected chi connectivity index (χ3v) is 3.06. The van der Waals surface area contributed by atoms with Crippen LogP contribution in [-0.4, -0.2) is 20.2 Å². The molecule has 0 radical (unpaired) electrons. The SMILES string of the molecule is CCC(C)(N)c1nnnn1-c1ccccc1C.Cl. The molecule has 0 saturated heterocycles. The zero-order valence-corrected chi connectivity index (χ0v) is 11.6. The Morgan fingerprint density at radius 2 is 2.00 bits per heavy atom. The van der Waals surface area contributed by atoms with Crippen molar-refractivity contribution in [3.05, 3.63) is 35.7 Å². The minimum Gasteiger partial charge on any atom is -0.319 e. The Balaban J connectivity index is 0.00000162. The molecule has 1 atom stereocenters. The second kappa shape index (κ2) is 5.46. The van der Waals surface area contributed by atoms with Crippen LogP contribution >= 0.6 is 12.4 Å². The summed E-state index contributed by atoms with van der Waals surface area (Å²) in [6, 6.07) is 7.97. The van der Waals surface area contributed by atoms with E-state index in [0.29, 0.717) is 5.82 Å². The minimum absolute atomic E-state index is 0. The lowest BCUT2D eigenvalue weighted by Gasteiger charge is -2.21. The molecule has 0 spiro atoms. The quantitative estimate of drug-likeness (QED) is 0.923. The van der Waals surface area contributed by atoms with E-state index < -0.39 is 5.54 Å². The summed E-state index contributed by atoms with van der Waals surface area (Å²) in [7, 11) is 0. The molecule has 0 aliphatic heterocycles. The van der Waals surface area contributed by atoms with Gasteiger partial charge < -0.3 is 5.73 Å². The molecule has 5 nitrogen and oxygen atoms in total. The molecular formula is C12H18ClN5. The number of aryl methyl sites for hydroxylation is 1. The second-order valence-electron chi connectivity index (χ2n) is 4.47. The van der Waals surface area contributed by atoms with Gasteiger partial charge in [0.25, 0.3) is 0 Å². The first-order valence-corrected chi connectivity index (χ1v) is 5.70. The lowest BCUT2D eigenvalue weighted by Crippen LogP contribution is -2.35. The van der Waals surface area contributed by atoms with Gasteiger partial charge in [-0.05, 0) is 42.3 Å². The maximum Gasteiger partial charge on any atom is 0.176 e. The Bertz CT molecular complexity index is 521. The number of rotatable bonds is 3. The average Bonchev–Trinajstić information content (AvgIpc) is 2.79. The van der Waals surface area contributed by atoms with E-state index in [4.69, 9.17) is 5.73 Å². The van der Waals surface area contributed by atoms with Crippen molar-refractivity contribution in [1.82, 2.24) is 20.2 Å². The summed E-state index contributed by atoms with van der Waals surface area (Å²) in [6.07, 6.45) is 0.777. The number of tetrazole rings is 1. The molecule has 0 aliphatic rings. The molecule has 1 heterocycles. The fraction of sp³-hybridized carbons (Fsp3) is 0.417. The summed E-state index contributed by atoms with van der Waals surface area (Å²) in [5.41, 5.74) is 7.77. The van der Waals surface area contributed by atoms with Crippen LogP contribution in [0.2, 0.25) is 0 Å². The third kappa shape index (κ3) is 2.52. The summed E-state index contributed by atoms with van der Waals surface area (Å²) < 4.78 is 1.72. The standard InChI is InChI=1S/C12H17N5.ClH/c1-4-12(3,13)11-14-15-16-17(11)10-8-6-5-7-9(10)2;/h5-8H,4,13H2,1-3H3;1H. The van der Waals surface area contributed by atoms with Gasteiger partial charge in [-0.3, -0.25) is 0 Å². The minimum atomic E-state index is -0.522. The van der Waals surface area contributed by atoms with E-state index in [-0.39, 0.29) is 12.4 Å². The Morgan fingerprint density at radius 3 is 2.61 bits per heavy atom. The number of nitrogens with zero attached hydrogens (tertiary/aromatic N) is 4. The largest absolute Gasteiger partial charge is 0.319 e. The number of halogens is 1. The van der Waals surface area contributed by atoms with Crippen LogP contribution in [0.25, 0.3) is 5.69 Å². The monoisotopic (exact) mass is 267 g/mol. The van der Waals surface area contributed by atoms with Crippen molar-refractivity contribution in [2.24, 2.45) is 5.73 Å². The average molecular weight is 268 g/mol. The van der Waals surface area contributed by atoms with E-state index >= 15 is 0 Å². The van der Waals surface area contributed by atoms with Crippen molar-refractivity contribution >= 4 is 12.4 Å². The van der Waals surface area contributed by atoms with Crippen LogP contribution in [0.4, 0.5) is 0 Å². The lowest BCUT2D eigenvalue weighted by molar-refractivity contribution is 0.433. The first kappa shape index (κ1) is 14.6. The van der Waals surface area contributed by atoms with Crippen molar-refractivity contribution in [3.8, 4) is 5.69 Å². The number of aromatic nitrogens is 4. The van der Waals surface area contributed by atoms with E-state index in [1.807, 2.05) is 45.0 Å². The summed E-state index contributed by atoms with van der Waals surface area (Å²) in [4.78, 5) is 0. The highest BCUT2D eigenvalue weighted by atomic mass is 35.5. The van der Waals surface area contributed by atoms with Gasteiger partial charge in [-0.1, -0.05) is 25.1 Å². The van der Waals surface area contributed by atoms with Crippen LogP contribution in [0, 0.1) is 6.92 Å². The molecule has 1 aromatic carbocycles. The van der Waals surface area contributed by atoms with Crippen LogP contribution < -0.4 is 5.73 Å². The number of hydrogen-bond donors (Lipinski definition) is 1. The highest BCUT2D eigenvalue weighted by Gasteiger charge is 2.27. The van der Waals surface area contributed by atoms with Gasteiger partial charge in [0.1, 0.15) is 0 Å². The van der Waals surface area contributed by atoms with Crippen LogP contribution in [0.15, 0.2) is 24.3 Å². The molecule has 0 saturated carbocycles. The molecule has 2 aromatic rings. The molecule has 0 bridgehead atoms. The second-order valence-corrected chi connectivity index (χ2v) is 4.47. The molecule has 0 amide bonds. The van der Waals surface area contributed by atoms with Crippen LogP contribution in [0.1, 0.15) is 31.7 Å². The Morgan fingerprint density at radius 1 is 1.33 bits per heavy atom. The summed E-state index contributed by atoms with van der Waals surface area (Å²) >= 11 is 0. The topological polar surface area (TPSA) is 69.6 Å². The van der Waals surface area contributed by atoms with Crippen LogP contribution in [-0.2, 0) is 5.54 Å². The molecule has 2 rings (SSSR count). The predicted octanol–water partition coefficient (Wildman–Crippen LogP) is 1.98. The van der Waals surface area contributed by atoms with Gasteiger partial charge in [-0.25, -0.2) is 0 Å². The highest BCUT2D eigenvalue weighted by Crippen LogP contribution is 2.22. The van der Waals surface area contributed by atoms with Gasteiger partial charge in [0.05, 0.1) is 11.2 Å². The summed E-state index contributed by atoms with van der Waals surface area (Å²) in [5, 5.41) is 11.8. The Labute approximate surface area is 113 Å². The van der Waals surface area contributed by atoms with E-state index in [1.54, 1.807) is 4.68 Å². The number of hydrogen-bond acceptors (Lipinski definition) is 4. The Hall–Kier alpha value is -1.46. The summed E-state index contributed by atoms with van der Waals surface area (Å²) in [5.74, 6) is 0.689. The third-order valence-electron chi connectivity index (χ3n) is 3.06. The maximum absolute atomic E-state index is 6.21. The first-order valence-electron chi connectivity index (χ1n) is 5.70. The van der Waals surface area contributed by atoms with Gasteiger partial charge in [-0.15, -0.1) is 17.5 Å². The Kier molecular flexibility index (Phi) is 4.43. The smallest absolute Gasteiger partial charge is 0.176 e. The predicted molar refractivity (Wildman–Crippen MR) is 73.0 cm³/mol. The zero-order valence-electron chi connectivity index (χ0n) is 10.8. The molecule has 1 unspecified atom stereocenters. The highest BCUT2D eigenvalue weighted by molar-refractivity contribution is 5.85. The van der Waals surface area contributed by atoms with Gasteiger partial charge in [-0.2, -0.15) is 4.68 Å². The molecule has 0 fully saturated rings. The molecule has 18 heavy (non-hydrogen) atoms. The van der Waals surface area contributed by atoms with E-state index in [2.05, 4.69) is 15.5 Å². The van der Waals surface area contributed by atoms with Crippen LogP contribution in [0.5, 0.6) is 0 Å². The van der Waals surface area contributed by atoms with Crippen molar-refractivity contribution in [3.63, 3.8) is 0 Å². The van der Waals surface area contributed by atoms with Gasteiger partial charge >= 0.3 is 0 Å². The van der Waals surface area contributed by atoms with Gasteiger partial charge in [0.2, 0.25) is 0 Å². The molecule has 0 aliphatic carbocycles. The number of nitrogens with two attached hydrogens (primary N) is 1. The van der Waals surface area contributed by atoms with Crippen molar-refractivity contribution in [2.75, 3.05) is 0 Å². The normalized spacial score (nSPS) is 13.8. The fourth-order valence-corrected chi connectivity index (χ4v) is 1.66. The van der Waals surface area contributed by atoms with Gasteiger partial charge in [0.15, 0.2) is 5.82 Å². The van der Waals surface area contributed by atoms with E-state index in [9.17, 15) is 0 Å². The molecule has 2 N–H and O–H groups in total. The lowest BCUT2D eigenvalue weighted by atomic mass is 9.99. The van der Waals surface area contributed by atoms with Gasteiger partial charge in [0, 0.05) is 0 Å². The number of para-hydroxylation sites is 1. The first-order chi connectivity index (χ1) is 8.06. The van der Waals surface area contributed by atoms with Crippen LogP contribution in [0.3, 0.4) is 0 Å². The molecule has 98 valence electrons. The van der Waals surface area contributed by atoms with Crippen molar-refractivity contribution in [1.29, 1.82) is 0 Å². The van der Waals surface area contributed by atoms with Crippen molar-refractivity contribution in [2.45, 2.75) is 32.7 Å².